The topological polar surface area (TPSA) is 105 Å². The summed E-state index contributed by atoms with van der Waals surface area (Å²) in [6, 6.07) is 7.54. The number of nitrogens with zero attached hydrogens (tertiary/aromatic N) is 1. The number of likely N-dealkylation sites (tertiary alicyclic amines) is 1. The molecule has 36 heavy (non-hydrogen) atoms. The van der Waals surface area contributed by atoms with E-state index in [9.17, 15) is 19.5 Å². The van der Waals surface area contributed by atoms with E-state index in [4.69, 9.17) is 9.47 Å². The minimum atomic E-state index is -1.22. The SMILES string of the molecule is COc1ccc(C(=O)[C@@H]2[C@H]3C=C[C@@]4(O3)[C@H]2C(=O)N(Cc2cccs2)[C@@H]4C(=O)NC2CCCC2)c(O)c1. The summed E-state index contributed by atoms with van der Waals surface area (Å²) in [4.78, 5) is 44.0. The van der Waals surface area contributed by atoms with E-state index < -0.39 is 29.6 Å². The molecule has 4 heterocycles. The van der Waals surface area contributed by atoms with E-state index in [1.165, 1.54) is 30.6 Å². The highest BCUT2D eigenvalue weighted by Gasteiger charge is 2.72. The Morgan fingerprint density at radius 3 is 2.78 bits per heavy atom. The second kappa shape index (κ2) is 8.74. The smallest absolute Gasteiger partial charge is 0.246 e. The van der Waals surface area contributed by atoms with Gasteiger partial charge in [-0.25, -0.2) is 0 Å². The van der Waals surface area contributed by atoms with Crippen LogP contribution in [0.15, 0.2) is 47.9 Å². The summed E-state index contributed by atoms with van der Waals surface area (Å²) in [5.74, 6) is -2.35. The first-order valence-electron chi connectivity index (χ1n) is 12.3. The van der Waals surface area contributed by atoms with Gasteiger partial charge in [0.25, 0.3) is 0 Å². The van der Waals surface area contributed by atoms with E-state index in [0.29, 0.717) is 5.75 Å². The number of rotatable bonds is 7. The maximum absolute atomic E-state index is 14.0. The predicted molar refractivity (Wildman–Crippen MR) is 132 cm³/mol. The molecule has 1 aromatic carbocycles. The molecule has 5 atom stereocenters. The fraction of sp³-hybridized carbons (Fsp3) is 0.444. The van der Waals surface area contributed by atoms with Crippen LogP contribution in [0.3, 0.4) is 0 Å². The monoisotopic (exact) mass is 508 g/mol. The second-order valence-corrected chi connectivity index (χ2v) is 11.0. The van der Waals surface area contributed by atoms with Crippen molar-refractivity contribution < 1.29 is 29.0 Å². The number of ketones is 1. The number of Topliss-reactive ketones (excluding diaryl/α,β-unsaturated/α-hetero) is 1. The number of phenolic OH excluding ortho intramolecular Hbond substituents is 1. The fourth-order valence-electron chi connectivity index (χ4n) is 6.38. The standard InChI is InChI=1S/C27H28N2O6S/c1-34-16-8-9-18(19(30)13-16)23(31)21-20-10-11-27(35-20)22(21)26(33)29(14-17-7-4-12-36-17)24(27)25(32)28-15-5-2-3-6-15/h4,7-13,15,20-22,24,30H,2-3,5-6,14H2,1H3,(H,28,32)/t20-,21-,22-,24-,27-/m1/s1. The van der Waals surface area contributed by atoms with Gasteiger partial charge in [0.05, 0.1) is 37.2 Å². The van der Waals surface area contributed by atoms with Crippen LogP contribution in [-0.4, -0.2) is 58.5 Å². The Hall–Kier alpha value is -3.17. The molecule has 0 unspecified atom stereocenters. The van der Waals surface area contributed by atoms with Crippen molar-refractivity contribution in [2.45, 2.75) is 56.0 Å². The average Bonchev–Trinajstić information content (AvgIpc) is 3.69. The molecule has 1 saturated carbocycles. The Morgan fingerprint density at radius 1 is 1.28 bits per heavy atom. The average molecular weight is 509 g/mol. The third-order valence-electron chi connectivity index (χ3n) is 8.00. The molecule has 188 valence electrons. The van der Waals surface area contributed by atoms with Crippen LogP contribution >= 0.6 is 11.3 Å². The molecule has 2 bridgehead atoms. The quantitative estimate of drug-likeness (QED) is 0.440. The molecular formula is C27H28N2O6S. The van der Waals surface area contributed by atoms with E-state index in [1.807, 2.05) is 23.6 Å². The molecule has 6 rings (SSSR count). The van der Waals surface area contributed by atoms with Gasteiger partial charge in [0.2, 0.25) is 11.8 Å². The van der Waals surface area contributed by atoms with Crippen LogP contribution in [0.5, 0.6) is 11.5 Å². The zero-order chi connectivity index (χ0) is 25.0. The molecule has 2 N–H and O–H groups in total. The summed E-state index contributed by atoms with van der Waals surface area (Å²) in [7, 11) is 1.48. The van der Waals surface area contributed by atoms with E-state index >= 15 is 0 Å². The number of hydrogen-bond acceptors (Lipinski definition) is 7. The molecule has 4 aliphatic rings. The number of hydrogen-bond donors (Lipinski definition) is 2. The fourth-order valence-corrected chi connectivity index (χ4v) is 7.09. The molecule has 8 nitrogen and oxygen atoms in total. The summed E-state index contributed by atoms with van der Waals surface area (Å²) in [5.41, 5.74) is -1.11. The maximum Gasteiger partial charge on any atom is 0.246 e. The Bertz CT molecular complexity index is 1240. The van der Waals surface area contributed by atoms with Gasteiger partial charge in [-0.3, -0.25) is 14.4 Å². The molecule has 2 amide bonds. The lowest BCUT2D eigenvalue weighted by molar-refractivity contribution is -0.140. The number of benzene rings is 1. The molecule has 2 saturated heterocycles. The highest BCUT2D eigenvalue weighted by molar-refractivity contribution is 7.09. The van der Waals surface area contributed by atoms with Gasteiger partial charge in [0.15, 0.2) is 5.78 Å². The zero-order valence-electron chi connectivity index (χ0n) is 19.9. The highest BCUT2D eigenvalue weighted by atomic mass is 32.1. The van der Waals surface area contributed by atoms with Crippen molar-refractivity contribution in [2.75, 3.05) is 7.11 Å². The van der Waals surface area contributed by atoms with Crippen LogP contribution in [0.2, 0.25) is 0 Å². The Morgan fingerprint density at radius 2 is 2.08 bits per heavy atom. The Balaban J connectivity index is 1.37. The van der Waals surface area contributed by atoms with Gasteiger partial charge in [-0.05, 0) is 36.4 Å². The number of thiophene rings is 1. The molecule has 0 radical (unpaired) electrons. The molecule has 3 fully saturated rings. The second-order valence-electron chi connectivity index (χ2n) is 9.98. The van der Waals surface area contributed by atoms with Gasteiger partial charge in [-0.2, -0.15) is 0 Å². The number of nitrogens with one attached hydrogen (secondary N) is 1. The molecule has 1 aromatic heterocycles. The highest BCUT2D eigenvalue weighted by Crippen LogP contribution is 2.56. The minimum Gasteiger partial charge on any atom is -0.507 e. The van der Waals surface area contributed by atoms with Crippen LogP contribution in [-0.2, 0) is 20.9 Å². The molecule has 9 heteroatoms. The maximum atomic E-state index is 14.0. The lowest BCUT2D eigenvalue weighted by Crippen LogP contribution is -2.55. The van der Waals surface area contributed by atoms with E-state index in [1.54, 1.807) is 17.0 Å². The van der Waals surface area contributed by atoms with Crippen molar-refractivity contribution in [3.8, 4) is 11.5 Å². The summed E-state index contributed by atoms with van der Waals surface area (Å²) in [5, 5.41) is 15.6. The first-order chi connectivity index (χ1) is 17.4. The Labute approximate surface area is 212 Å². The number of phenols is 1. The predicted octanol–water partition coefficient (Wildman–Crippen LogP) is 3.05. The lowest BCUT2D eigenvalue weighted by atomic mass is 9.72. The Kier molecular flexibility index (Phi) is 5.64. The van der Waals surface area contributed by atoms with Crippen LogP contribution in [0.1, 0.15) is 40.9 Å². The van der Waals surface area contributed by atoms with Crippen molar-refractivity contribution in [2.24, 2.45) is 11.8 Å². The van der Waals surface area contributed by atoms with Gasteiger partial charge in [-0.15, -0.1) is 11.3 Å². The van der Waals surface area contributed by atoms with Crippen molar-refractivity contribution in [1.29, 1.82) is 0 Å². The van der Waals surface area contributed by atoms with E-state index in [-0.39, 0.29) is 41.5 Å². The van der Waals surface area contributed by atoms with Crippen molar-refractivity contribution in [1.82, 2.24) is 10.2 Å². The summed E-state index contributed by atoms with van der Waals surface area (Å²) >= 11 is 1.52. The number of ether oxygens (including phenoxy) is 2. The van der Waals surface area contributed by atoms with Gasteiger partial charge in [0.1, 0.15) is 23.1 Å². The van der Waals surface area contributed by atoms with Gasteiger partial charge < -0.3 is 24.8 Å². The molecule has 1 aliphatic carbocycles. The molecular weight excluding hydrogens is 480 g/mol. The van der Waals surface area contributed by atoms with Gasteiger partial charge in [0, 0.05) is 17.0 Å². The lowest BCUT2D eigenvalue weighted by Gasteiger charge is -2.32. The van der Waals surface area contributed by atoms with E-state index in [0.717, 1.165) is 30.6 Å². The number of carbonyl (C=O) groups is 3. The first kappa shape index (κ1) is 23.2. The molecule has 1 spiro atoms. The van der Waals surface area contributed by atoms with Crippen molar-refractivity contribution >= 4 is 28.9 Å². The summed E-state index contributed by atoms with van der Waals surface area (Å²) in [6.07, 6.45) is 6.94. The number of carbonyl (C=O) groups excluding carboxylic acids is 3. The van der Waals surface area contributed by atoms with Crippen LogP contribution in [0.25, 0.3) is 0 Å². The number of fused-ring (bicyclic) bond motifs is 1. The zero-order valence-corrected chi connectivity index (χ0v) is 20.7. The van der Waals surface area contributed by atoms with Crippen molar-refractivity contribution in [3.05, 3.63) is 58.3 Å². The number of amides is 2. The largest absolute Gasteiger partial charge is 0.507 e. The number of aromatic hydroxyl groups is 1. The minimum absolute atomic E-state index is 0.0860. The van der Waals surface area contributed by atoms with Crippen LogP contribution < -0.4 is 10.1 Å². The summed E-state index contributed by atoms with van der Waals surface area (Å²) in [6.45, 7) is 0.272. The molecule has 3 aliphatic heterocycles. The summed E-state index contributed by atoms with van der Waals surface area (Å²) < 4.78 is 11.5. The number of methoxy groups -OCH3 is 1. The molecule has 2 aromatic rings. The van der Waals surface area contributed by atoms with Crippen LogP contribution in [0.4, 0.5) is 0 Å². The van der Waals surface area contributed by atoms with Gasteiger partial charge in [-0.1, -0.05) is 31.1 Å². The third-order valence-corrected chi connectivity index (χ3v) is 8.86. The normalized spacial score (nSPS) is 30.7. The van der Waals surface area contributed by atoms with Crippen LogP contribution in [0, 0.1) is 11.8 Å². The third kappa shape index (κ3) is 3.48. The van der Waals surface area contributed by atoms with Gasteiger partial charge >= 0.3 is 0 Å². The van der Waals surface area contributed by atoms with Crippen molar-refractivity contribution in [3.63, 3.8) is 0 Å². The first-order valence-corrected chi connectivity index (χ1v) is 13.2. The van der Waals surface area contributed by atoms with E-state index in [2.05, 4.69) is 5.32 Å².